The molecule has 0 aliphatic heterocycles. The fraction of sp³-hybridized carbons (Fsp3) is 0.333. The fourth-order valence-corrected chi connectivity index (χ4v) is 1.63. The SMILES string of the molecule is Bc1ccc2nc(NCCN(C)C)ncc2c1. The maximum absolute atomic E-state index is 4.47. The van der Waals surface area contributed by atoms with Crippen LogP contribution < -0.4 is 10.8 Å². The minimum Gasteiger partial charge on any atom is -0.353 e. The quantitative estimate of drug-likeness (QED) is 0.739. The van der Waals surface area contributed by atoms with E-state index in [1.807, 2.05) is 26.4 Å². The minimum absolute atomic E-state index is 0.697. The summed E-state index contributed by atoms with van der Waals surface area (Å²) in [7, 11) is 6.17. The Morgan fingerprint density at radius 3 is 2.94 bits per heavy atom. The standard InChI is InChI=1S/C12H17BN4/c1-17(2)6-5-14-12-15-8-9-7-10(13)3-4-11(9)16-12/h3-4,7-8H,5-6,13H2,1-2H3,(H,14,15,16). The highest BCUT2D eigenvalue weighted by molar-refractivity contribution is 6.33. The zero-order chi connectivity index (χ0) is 12.3. The van der Waals surface area contributed by atoms with Crippen LogP contribution in [0.25, 0.3) is 10.9 Å². The van der Waals surface area contributed by atoms with Crippen LogP contribution in [0.2, 0.25) is 0 Å². The molecule has 0 atom stereocenters. The average Bonchev–Trinajstić information content (AvgIpc) is 2.29. The van der Waals surface area contributed by atoms with E-state index in [-0.39, 0.29) is 0 Å². The molecule has 4 nitrogen and oxygen atoms in total. The Bertz CT molecular complexity index is 513. The predicted molar refractivity (Wildman–Crippen MR) is 74.8 cm³/mol. The maximum Gasteiger partial charge on any atom is 0.223 e. The molecule has 0 saturated carbocycles. The molecule has 1 aromatic heterocycles. The van der Waals surface area contributed by atoms with Crippen LogP contribution in [0.15, 0.2) is 24.4 Å². The van der Waals surface area contributed by atoms with Crippen LogP contribution in [-0.2, 0) is 0 Å². The first-order valence-electron chi connectivity index (χ1n) is 5.77. The molecule has 0 aliphatic rings. The van der Waals surface area contributed by atoms with Crippen LogP contribution in [-0.4, -0.2) is 49.9 Å². The van der Waals surface area contributed by atoms with Gasteiger partial charge in [0.2, 0.25) is 5.95 Å². The second-order valence-electron chi connectivity index (χ2n) is 4.49. The normalized spacial score (nSPS) is 11.0. The molecule has 0 amide bonds. The Labute approximate surface area is 102 Å². The van der Waals surface area contributed by atoms with Crippen molar-refractivity contribution in [3.63, 3.8) is 0 Å². The molecule has 5 heteroatoms. The van der Waals surface area contributed by atoms with Gasteiger partial charge < -0.3 is 10.2 Å². The van der Waals surface area contributed by atoms with Gasteiger partial charge >= 0.3 is 0 Å². The zero-order valence-corrected chi connectivity index (χ0v) is 10.6. The van der Waals surface area contributed by atoms with Crippen molar-refractivity contribution in [2.24, 2.45) is 0 Å². The highest BCUT2D eigenvalue weighted by Crippen LogP contribution is 2.10. The third kappa shape index (κ3) is 3.17. The highest BCUT2D eigenvalue weighted by atomic mass is 15.1. The Hall–Kier alpha value is -1.62. The molecule has 0 bridgehead atoms. The Kier molecular flexibility index (Phi) is 3.59. The lowest BCUT2D eigenvalue weighted by Crippen LogP contribution is -2.21. The van der Waals surface area contributed by atoms with Gasteiger partial charge in [-0.1, -0.05) is 17.6 Å². The Balaban J connectivity index is 2.12. The van der Waals surface area contributed by atoms with Gasteiger partial charge in [0.15, 0.2) is 0 Å². The van der Waals surface area contributed by atoms with Crippen LogP contribution in [0, 0.1) is 0 Å². The number of nitrogens with one attached hydrogen (secondary N) is 1. The van der Waals surface area contributed by atoms with Gasteiger partial charge in [-0.2, -0.15) is 0 Å². The number of fused-ring (bicyclic) bond motifs is 1. The largest absolute Gasteiger partial charge is 0.353 e. The molecule has 17 heavy (non-hydrogen) atoms. The van der Waals surface area contributed by atoms with E-state index in [9.17, 15) is 0 Å². The van der Waals surface area contributed by atoms with Crippen molar-refractivity contribution in [1.82, 2.24) is 14.9 Å². The first-order valence-corrected chi connectivity index (χ1v) is 5.77. The molecule has 0 spiro atoms. The monoisotopic (exact) mass is 228 g/mol. The van der Waals surface area contributed by atoms with Crippen LogP contribution in [0.1, 0.15) is 0 Å². The summed E-state index contributed by atoms with van der Waals surface area (Å²) in [5, 5.41) is 4.31. The highest BCUT2D eigenvalue weighted by Gasteiger charge is 1.99. The molecule has 1 heterocycles. The van der Waals surface area contributed by atoms with Crippen LogP contribution >= 0.6 is 0 Å². The van der Waals surface area contributed by atoms with Gasteiger partial charge in [-0.3, -0.25) is 0 Å². The summed E-state index contributed by atoms with van der Waals surface area (Å²) >= 11 is 0. The first-order chi connectivity index (χ1) is 8.15. The van der Waals surface area contributed by atoms with Crippen molar-refractivity contribution < 1.29 is 0 Å². The molecule has 1 N–H and O–H groups in total. The van der Waals surface area contributed by atoms with E-state index in [0.29, 0.717) is 5.95 Å². The van der Waals surface area contributed by atoms with Gasteiger partial charge in [0, 0.05) is 24.7 Å². The molecular weight excluding hydrogens is 211 g/mol. The van der Waals surface area contributed by atoms with E-state index in [4.69, 9.17) is 0 Å². The molecule has 88 valence electrons. The van der Waals surface area contributed by atoms with Crippen LogP contribution in [0.3, 0.4) is 0 Å². The molecular formula is C12H17BN4. The summed E-state index contributed by atoms with van der Waals surface area (Å²) in [5.41, 5.74) is 2.22. The topological polar surface area (TPSA) is 41.1 Å². The maximum atomic E-state index is 4.47. The summed E-state index contributed by atoms with van der Waals surface area (Å²) in [6.07, 6.45) is 1.87. The fourth-order valence-electron chi connectivity index (χ4n) is 1.63. The van der Waals surface area contributed by atoms with Crippen LogP contribution in [0.4, 0.5) is 5.95 Å². The summed E-state index contributed by atoms with van der Waals surface area (Å²) in [4.78, 5) is 10.9. The number of anilines is 1. The lowest BCUT2D eigenvalue weighted by atomic mass is 9.95. The van der Waals surface area contributed by atoms with Crippen molar-refractivity contribution >= 4 is 30.2 Å². The van der Waals surface area contributed by atoms with Gasteiger partial charge in [0.25, 0.3) is 0 Å². The molecule has 0 radical (unpaired) electrons. The van der Waals surface area contributed by atoms with Crippen molar-refractivity contribution in [2.75, 3.05) is 32.5 Å². The number of hydrogen-bond acceptors (Lipinski definition) is 4. The van der Waals surface area contributed by atoms with Gasteiger partial charge in [-0.25, -0.2) is 9.97 Å². The van der Waals surface area contributed by atoms with E-state index < -0.39 is 0 Å². The molecule has 1 aromatic carbocycles. The number of benzene rings is 1. The second-order valence-corrected chi connectivity index (χ2v) is 4.49. The van der Waals surface area contributed by atoms with E-state index in [1.54, 1.807) is 0 Å². The number of aromatic nitrogens is 2. The second kappa shape index (κ2) is 5.14. The van der Waals surface area contributed by atoms with E-state index in [1.165, 1.54) is 5.46 Å². The lowest BCUT2D eigenvalue weighted by molar-refractivity contribution is 0.425. The molecule has 0 unspecified atom stereocenters. The molecule has 0 saturated heterocycles. The smallest absolute Gasteiger partial charge is 0.223 e. The minimum atomic E-state index is 0.697. The van der Waals surface area contributed by atoms with Crippen molar-refractivity contribution in [3.05, 3.63) is 24.4 Å². The van der Waals surface area contributed by atoms with Crippen molar-refractivity contribution in [1.29, 1.82) is 0 Å². The third-order valence-electron chi connectivity index (χ3n) is 2.58. The number of likely N-dealkylation sites (N-methyl/N-ethyl adjacent to an activating group) is 1. The molecule has 0 fully saturated rings. The molecule has 2 rings (SSSR count). The van der Waals surface area contributed by atoms with E-state index in [2.05, 4.69) is 40.2 Å². The lowest BCUT2D eigenvalue weighted by Gasteiger charge is -2.10. The molecule has 2 aromatic rings. The van der Waals surface area contributed by atoms with Gasteiger partial charge in [-0.05, 0) is 20.2 Å². The molecule has 0 aliphatic carbocycles. The summed E-state index contributed by atoms with van der Waals surface area (Å²) in [6.45, 7) is 1.82. The summed E-state index contributed by atoms with van der Waals surface area (Å²) < 4.78 is 0. The zero-order valence-electron chi connectivity index (χ0n) is 10.6. The number of rotatable bonds is 4. The first kappa shape index (κ1) is 11.9. The summed E-state index contributed by atoms with van der Waals surface area (Å²) in [5.74, 6) is 0.697. The summed E-state index contributed by atoms with van der Waals surface area (Å²) in [6, 6.07) is 6.20. The predicted octanol–water partition coefficient (Wildman–Crippen LogP) is -0.138. The number of nitrogens with zero attached hydrogens (tertiary/aromatic N) is 3. The van der Waals surface area contributed by atoms with Gasteiger partial charge in [-0.15, -0.1) is 0 Å². The average molecular weight is 228 g/mol. The van der Waals surface area contributed by atoms with Crippen molar-refractivity contribution in [3.8, 4) is 0 Å². The Morgan fingerprint density at radius 2 is 2.18 bits per heavy atom. The van der Waals surface area contributed by atoms with Crippen LogP contribution in [0.5, 0.6) is 0 Å². The van der Waals surface area contributed by atoms with E-state index in [0.717, 1.165) is 24.0 Å². The third-order valence-corrected chi connectivity index (χ3v) is 2.58. The Morgan fingerprint density at radius 1 is 1.35 bits per heavy atom. The van der Waals surface area contributed by atoms with Gasteiger partial charge in [0.05, 0.1) is 5.52 Å². The van der Waals surface area contributed by atoms with E-state index >= 15 is 0 Å². The van der Waals surface area contributed by atoms with Gasteiger partial charge in [0.1, 0.15) is 7.85 Å². The van der Waals surface area contributed by atoms with Crippen molar-refractivity contribution in [2.45, 2.75) is 0 Å². The number of hydrogen-bond donors (Lipinski definition) is 1.